The third-order valence-electron chi connectivity index (χ3n) is 3.79. The molecule has 2 aromatic rings. The van der Waals surface area contributed by atoms with Crippen LogP contribution in [0.25, 0.3) is 0 Å². The molecule has 2 amide bonds. The van der Waals surface area contributed by atoms with Crippen LogP contribution in [0.4, 0.5) is 14.9 Å². The normalized spacial score (nSPS) is 15.8. The number of nitrogens with zero attached hydrogens (tertiary/aromatic N) is 3. The molecule has 0 spiro atoms. The Balaban J connectivity index is 1.70. The molecule has 8 heteroatoms. The molecule has 1 aromatic carbocycles. The zero-order valence-electron chi connectivity index (χ0n) is 13.8. The minimum Gasteiger partial charge on any atom is -0.479 e. The van der Waals surface area contributed by atoms with Crippen molar-refractivity contribution in [3.05, 3.63) is 35.7 Å². The Kier molecular flexibility index (Phi) is 4.84. The maximum Gasteiger partial charge on any atom is 0.319 e. The molecule has 2 heterocycles. The van der Waals surface area contributed by atoms with Crippen LogP contribution in [0.15, 0.2) is 18.2 Å². The number of hydrogen-bond donors (Lipinski definition) is 2. The molecule has 7 nitrogen and oxygen atoms in total. The lowest BCUT2D eigenvalue weighted by molar-refractivity contribution is 0.244. The Hall–Kier alpha value is -3.08. The van der Waals surface area contributed by atoms with E-state index in [-0.39, 0.29) is 18.4 Å². The molecular weight excluding hydrogens is 325 g/mol. The van der Waals surface area contributed by atoms with Crippen LogP contribution in [-0.4, -0.2) is 27.4 Å². The van der Waals surface area contributed by atoms with Crippen molar-refractivity contribution in [3.8, 4) is 18.1 Å². The van der Waals surface area contributed by atoms with Gasteiger partial charge in [0.05, 0.1) is 11.7 Å². The van der Waals surface area contributed by atoms with Gasteiger partial charge in [0.2, 0.25) is 0 Å². The molecule has 0 unspecified atom stereocenters. The summed E-state index contributed by atoms with van der Waals surface area (Å²) in [6.45, 7) is 2.58. The Labute approximate surface area is 144 Å². The van der Waals surface area contributed by atoms with Gasteiger partial charge in [0, 0.05) is 12.6 Å². The van der Waals surface area contributed by atoms with Crippen molar-refractivity contribution in [2.45, 2.75) is 32.4 Å². The summed E-state index contributed by atoms with van der Waals surface area (Å²) in [6.07, 6.45) is 6.82. The fraction of sp³-hybridized carbons (Fsp3) is 0.353. The maximum absolute atomic E-state index is 13.4. The van der Waals surface area contributed by atoms with E-state index < -0.39 is 11.8 Å². The van der Waals surface area contributed by atoms with Crippen LogP contribution in [0, 0.1) is 25.1 Å². The first-order valence-electron chi connectivity index (χ1n) is 7.91. The number of urea groups is 1. The van der Waals surface area contributed by atoms with Crippen molar-refractivity contribution in [2.24, 2.45) is 0 Å². The smallest absolute Gasteiger partial charge is 0.319 e. The number of benzene rings is 1. The van der Waals surface area contributed by atoms with Gasteiger partial charge in [-0.3, -0.25) is 0 Å². The van der Waals surface area contributed by atoms with Crippen molar-refractivity contribution < 1.29 is 13.9 Å². The zero-order valence-corrected chi connectivity index (χ0v) is 13.8. The molecular formula is C17H18FN5O2. The molecule has 0 bridgehead atoms. The highest BCUT2D eigenvalue weighted by molar-refractivity contribution is 5.91. The molecule has 1 aliphatic heterocycles. The third kappa shape index (κ3) is 3.88. The van der Waals surface area contributed by atoms with Gasteiger partial charge in [-0.25, -0.2) is 18.9 Å². The number of terminal acetylenes is 1. The quantitative estimate of drug-likeness (QED) is 0.835. The van der Waals surface area contributed by atoms with Crippen LogP contribution < -0.4 is 15.4 Å². The predicted molar refractivity (Wildman–Crippen MR) is 89.6 cm³/mol. The van der Waals surface area contributed by atoms with E-state index in [1.165, 1.54) is 18.2 Å². The molecule has 1 atom stereocenters. The number of carbonyl (C=O) groups excluding carboxylic acids is 1. The lowest BCUT2D eigenvalue weighted by atomic mass is 10.1. The van der Waals surface area contributed by atoms with Gasteiger partial charge < -0.3 is 15.4 Å². The van der Waals surface area contributed by atoms with Gasteiger partial charge in [-0.2, -0.15) is 5.10 Å². The topological polar surface area (TPSA) is 81.1 Å². The number of rotatable bonds is 4. The number of hydrogen-bond acceptors (Lipinski definition) is 4. The van der Waals surface area contributed by atoms with E-state index in [2.05, 4.69) is 26.6 Å². The molecule has 0 radical (unpaired) electrons. The number of anilines is 1. The first-order chi connectivity index (χ1) is 12.1. The second-order valence-corrected chi connectivity index (χ2v) is 5.67. The lowest BCUT2D eigenvalue weighted by Gasteiger charge is -2.23. The highest BCUT2D eigenvalue weighted by atomic mass is 19.1. The molecule has 1 aromatic heterocycles. The standard InChI is InChI=1S/C17H18FN5O2/c1-3-9-25-15-10-12(18)6-7-13(15)20-17(24)21-14-5-4-8-23-16(14)19-11(2)22-23/h1,6-7,10,14H,4-5,8-9H2,2H3,(H2,20,21,24)/t14-/m0/s1. The molecule has 0 saturated carbocycles. The fourth-order valence-corrected chi connectivity index (χ4v) is 2.76. The van der Waals surface area contributed by atoms with Crippen LogP contribution in [0.2, 0.25) is 0 Å². The number of amides is 2. The third-order valence-corrected chi connectivity index (χ3v) is 3.79. The number of carbonyl (C=O) groups is 1. The molecule has 0 aliphatic carbocycles. The minimum atomic E-state index is -0.478. The Bertz CT molecular complexity index is 827. The van der Waals surface area contributed by atoms with E-state index in [4.69, 9.17) is 11.2 Å². The molecule has 0 saturated heterocycles. The van der Waals surface area contributed by atoms with Gasteiger partial charge in [-0.15, -0.1) is 6.42 Å². The summed E-state index contributed by atoms with van der Waals surface area (Å²) in [5, 5.41) is 9.84. The molecule has 2 N–H and O–H groups in total. The molecule has 1 aliphatic rings. The number of aryl methyl sites for hydroxylation is 2. The number of ether oxygens (including phenoxy) is 1. The second kappa shape index (κ2) is 7.21. The summed E-state index contributed by atoms with van der Waals surface area (Å²) in [6, 6.07) is 3.17. The summed E-state index contributed by atoms with van der Waals surface area (Å²) in [4.78, 5) is 16.7. The summed E-state index contributed by atoms with van der Waals surface area (Å²) in [5.74, 6) is 3.41. The average Bonchev–Trinajstić information content (AvgIpc) is 2.96. The Morgan fingerprint density at radius 3 is 3.20 bits per heavy atom. The molecule has 0 fully saturated rings. The van der Waals surface area contributed by atoms with Gasteiger partial charge >= 0.3 is 6.03 Å². The second-order valence-electron chi connectivity index (χ2n) is 5.67. The van der Waals surface area contributed by atoms with Crippen molar-refractivity contribution in [1.82, 2.24) is 20.1 Å². The first kappa shape index (κ1) is 16.8. The number of aromatic nitrogens is 3. The number of fused-ring (bicyclic) bond motifs is 1. The van der Waals surface area contributed by atoms with Gasteiger partial charge in [-0.1, -0.05) is 5.92 Å². The largest absolute Gasteiger partial charge is 0.479 e. The van der Waals surface area contributed by atoms with Gasteiger partial charge in [-0.05, 0) is 31.9 Å². The van der Waals surface area contributed by atoms with Gasteiger partial charge in [0.25, 0.3) is 0 Å². The molecule has 130 valence electrons. The van der Waals surface area contributed by atoms with Gasteiger partial charge in [0.15, 0.2) is 0 Å². The summed E-state index contributed by atoms with van der Waals surface area (Å²) < 4.78 is 20.5. The van der Waals surface area contributed by atoms with Crippen LogP contribution in [-0.2, 0) is 6.54 Å². The van der Waals surface area contributed by atoms with Crippen LogP contribution in [0.3, 0.4) is 0 Å². The van der Waals surface area contributed by atoms with E-state index >= 15 is 0 Å². The molecule has 25 heavy (non-hydrogen) atoms. The van der Waals surface area contributed by atoms with Crippen LogP contribution in [0.1, 0.15) is 30.5 Å². The van der Waals surface area contributed by atoms with E-state index in [1.54, 1.807) is 0 Å². The first-order valence-corrected chi connectivity index (χ1v) is 7.91. The van der Waals surface area contributed by atoms with Crippen molar-refractivity contribution in [3.63, 3.8) is 0 Å². The average molecular weight is 343 g/mol. The van der Waals surface area contributed by atoms with Crippen molar-refractivity contribution in [1.29, 1.82) is 0 Å². The van der Waals surface area contributed by atoms with Crippen LogP contribution in [0.5, 0.6) is 5.75 Å². The minimum absolute atomic E-state index is 0.0231. The SMILES string of the molecule is C#CCOc1cc(F)ccc1NC(=O)N[C@H]1CCCn2nc(C)nc21. The number of nitrogens with one attached hydrogen (secondary N) is 2. The molecule has 3 rings (SSSR count). The highest BCUT2D eigenvalue weighted by Crippen LogP contribution is 2.26. The van der Waals surface area contributed by atoms with E-state index in [9.17, 15) is 9.18 Å². The monoisotopic (exact) mass is 343 g/mol. The van der Waals surface area contributed by atoms with Gasteiger partial charge in [0.1, 0.15) is 29.8 Å². The van der Waals surface area contributed by atoms with Crippen molar-refractivity contribution >= 4 is 11.7 Å². The summed E-state index contributed by atoms with van der Waals surface area (Å²) >= 11 is 0. The summed E-state index contributed by atoms with van der Waals surface area (Å²) in [7, 11) is 0. The fourth-order valence-electron chi connectivity index (χ4n) is 2.76. The predicted octanol–water partition coefficient (Wildman–Crippen LogP) is 2.39. The van der Waals surface area contributed by atoms with Crippen molar-refractivity contribution in [2.75, 3.05) is 11.9 Å². The Morgan fingerprint density at radius 1 is 1.56 bits per heavy atom. The Morgan fingerprint density at radius 2 is 2.40 bits per heavy atom. The highest BCUT2D eigenvalue weighted by Gasteiger charge is 2.25. The van der Waals surface area contributed by atoms with Crippen LogP contribution >= 0.6 is 0 Å². The van der Waals surface area contributed by atoms with E-state index in [0.717, 1.165) is 25.2 Å². The lowest BCUT2D eigenvalue weighted by Crippen LogP contribution is -2.36. The number of halogens is 1. The van der Waals surface area contributed by atoms with E-state index in [1.807, 2.05) is 11.6 Å². The maximum atomic E-state index is 13.4. The zero-order chi connectivity index (χ0) is 17.8. The van der Waals surface area contributed by atoms with E-state index in [0.29, 0.717) is 11.5 Å². The summed E-state index contributed by atoms with van der Waals surface area (Å²) in [5.41, 5.74) is 0.336.